The summed E-state index contributed by atoms with van der Waals surface area (Å²) < 4.78 is 51.8. The molecule has 0 bridgehead atoms. The van der Waals surface area contributed by atoms with Crippen LogP contribution in [0, 0.1) is 0 Å². The highest BCUT2D eigenvalue weighted by molar-refractivity contribution is 6.74. The van der Waals surface area contributed by atoms with Crippen molar-refractivity contribution in [3.05, 3.63) is 23.8 Å². The Morgan fingerprint density at radius 2 is 1.64 bits per heavy atom. The van der Waals surface area contributed by atoms with Gasteiger partial charge in [-0.1, -0.05) is 26.8 Å². The van der Waals surface area contributed by atoms with Crippen molar-refractivity contribution in [3.63, 3.8) is 0 Å². The third kappa shape index (κ3) is 5.21. The molecule has 0 radical (unpaired) electrons. The maximum atomic E-state index is 12.3. The topological polar surface area (TPSA) is 27.7 Å². The van der Waals surface area contributed by atoms with Crippen LogP contribution in [0.15, 0.2) is 18.2 Å². The zero-order valence-corrected chi connectivity index (χ0v) is 14.8. The number of ether oxygens (including phenoxy) is 2. The van der Waals surface area contributed by atoms with Crippen LogP contribution in [0.5, 0.6) is 11.5 Å². The molecule has 1 aromatic carbocycles. The van der Waals surface area contributed by atoms with E-state index in [1.807, 2.05) is 0 Å². The van der Waals surface area contributed by atoms with Crippen molar-refractivity contribution >= 4 is 8.32 Å². The summed E-state index contributed by atoms with van der Waals surface area (Å²) in [7, 11) is -0.617. The van der Waals surface area contributed by atoms with E-state index in [-0.39, 0.29) is 16.5 Å². The zero-order chi connectivity index (χ0) is 17.2. The highest BCUT2D eigenvalue weighted by Crippen LogP contribution is 2.38. The Hall–Kier alpha value is -1.21. The van der Waals surface area contributed by atoms with Crippen LogP contribution in [0.3, 0.4) is 0 Å². The summed E-state index contributed by atoms with van der Waals surface area (Å²) in [5, 5.41) is 0.0659. The average Bonchev–Trinajstić information content (AvgIpc) is 2.34. The molecule has 0 spiro atoms. The van der Waals surface area contributed by atoms with Crippen molar-refractivity contribution in [3.8, 4) is 11.5 Å². The number of hydrogen-bond acceptors (Lipinski definition) is 3. The van der Waals surface area contributed by atoms with Gasteiger partial charge in [-0.15, -0.1) is 13.2 Å². The minimum Gasteiger partial charge on any atom is -0.493 e. The Morgan fingerprint density at radius 3 is 2.09 bits per heavy atom. The number of methoxy groups -OCH3 is 1. The van der Waals surface area contributed by atoms with Gasteiger partial charge in [0.1, 0.15) is 0 Å². The molecule has 0 amide bonds. The van der Waals surface area contributed by atoms with Crippen molar-refractivity contribution in [1.82, 2.24) is 0 Å². The largest absolute Gasteiger partial charge is 0.573 e. The standard InChI is InChI=1S/C15H23F3O3Si/c1-14(2,3)22(5,6)20-10-11-7-8-12(13(9-11)19-4)21-15(16,17)18/h7-9H,10H2,1-6H3. The lowest BCUT2D eigenvalue weighted by atomic mass is 10.2. The monoisotopic (exact) mass is 336 g/mol. The van der Waals surface area contributed by atoms with Crippen LogP contribution in [-0.4, -0.2) is 21.8 Å². The zero-order valence-electron chi connectivity index (χ0n) is 13.8. The van der Waals surface area contributed by atoms with Gasteiger partial charge in [0.15, 0.2) is 19.8 Å². The summed E-state index contributed by atoms with van der Waals surface area (Å²) in [6, 6.07) is 4.31. The first-order valence-electron chi connectivity index (χ1n) is 6.92. The number of rotatable bonds is 5. The summed E-state index contributed by atoms with van der Waals surface area (Å²) in [4.78, 5) is 0. The van der Waals surface area contributed by atoms with Gasteiger partial charge in [0, 0.05) is 0 Å². The van der Waals surface area contributed by atoms with Gasteiger partial charge in [-0.25, -0.2) is 0 Å². The van der Waals surface area contributed by atoms with Crippen LogP contribution < -0.4 is 9.47 Å². The normalized spacial score (nSPS) is 13.1. The van der Waals surface area contributed by atoms with Crippen LogP contribution in [0.4, 0.5) is 13.2 Å². The second-order valence-corrected chi connectivity index (χ2v) is 11.4. The molecule has 7 heteroatoms. The maximum absolute atomic E-state index is 12.3. The fourth-order valence-electron chi connectivity index (χ4n) is 1.49. The lowest BCUT2D eigenvalue weighted by Crippen LogP contribution is -2.40. The van der Waals surface area contributed by atoms with E-state index in [1.165, 1.54) is 19.2 Å². The van der Waals surface area contributed by atoms with Crippen molar-refractivity contribution in [2.45, 2.75) is 51.9 Å². The van der Waals surface area contributed by atoms with Gasteiger partial charge < -0.3 is 13.9 Å². The number of hydrogen-bond donors (Lipinski definition) is 0. The van der Waals surface area contributed by atoms with E-state index in [0.29, 0.717) is 6.61 Å². The van der Waals surface area contributed by atoms with Crippen LogP contribution in [0.1, 0.15) is 26.3 Å². The molecule has 0 unspecified atom stereocenters. The molecule has 0 aliphatic rings. The van der Waals surface area contributed by atoms with Gasteiger partial charge >= 0.3 is 6.36 Å². The van der Waals surface area contributed by atoms with E-state index in [4.69, 9.17) is 9.16 Å². The summed E-state index contributed by atoms with van der Waals surface area (Å²) in [5.74, 6) is -0.320. The average molecular weight is 336 g/mol. The molecule has 1 rings (SSSR count). The summed E-state index contributed by atoms with van der Waals surface area (Å²) in [6.07, 6.45) is -4.74. The predicted molar refractivity (Wildman–Crippen MR) is 81.7 cm³/mol. The Kier molecular flexibility index (Phi) is 5.56. The molecule has 0 aliphatic heterocycles. The summed E-state index contributed by atoms with van der Waals surface area (Å²) in [6.45, 7) is 10.9. The molecule has 0 aliphatic carbocycles. The van der Waals surface area contributed by atoms with E-state index >= 15 is 0 Å². The number of alkyl halides is 3. The molecule has 22 heavy (non-hydrogen) atoms. The Bertz CT molecular complexity index is 508. The van der Waals surface area contributed by atoms with E-state index in [2.05, 4.69) is 38.6 Å². The Balaban J connectivity index is 2.87. The third-order valence-corrected chi connectivity index (χ3v) is 8.34. The van der Waals surface area contributed by atoms with Gasteiger partial charge in [-0.3, -0.25) is 0 Å². The first kappa shape index (κ1) is 18.8. The minimum atomic E-state index is -4.74. The highest BCUT2D eigenvalue weighted by Gasteiger charge is 2.37. The summed E-state index contributed by atoms with van der Waals surface area (Å²) in [5.41, 5.74) is 0.746. The second kappa shape index (κ2) is 6.50. The Morgan fingerprint density at radius 1 is 1.05 bits per heavy atom. The highest BCUT2D eigenvalue weighted by atomic mass is 28.4. The molecule has 1 aromatic rings. The van der Waals surface area contributed by atoms with Crippen LogP contribution >= 0.6 is 0 Å². The molecular formula is C15H23F3O3Si. The molecule has 0 saturated heterocycles. The van der Waals surface area contributed by atoms with Gasteiger partial charge in [0.25, 0.3) is 0 Å². The van der Waals surface area contributed by atoms with E-state index in [9.17, 15) is 13.2 Å². The quantitative estimate of drug-likeness (QED) is 0.699. The molecule has 0 heterocycles. The Labute approximate surface area is 130 Å². The first-order valence-corrected chi connectivity index (χ1v) is 9.83. The fourth-order valence-corrected chi connectivity index (χ4v) is 2.45. The molecule has 3 nitrogen and oxygen atoms in total. The van der Waals surface area contributed by atoms with Gasteiger partial charge in [0.05, 0.1) is 13.7 Å². The van der Waals surface area contributed by atoms with Crippen molar-refractivity contribution < 1.29 is 27.1 Å². The molecule has 0 atom stereocenters. The van der Waals surface area contributed by atoms with E-state index in [0.717, 1.165) is 5.56 Å². The van der Waals surface area contributed by atoms with E-state index in [1.54, 1.807) is 6.07 Å². The first-order chi connectivity index (χ1) is 9.86. The second-order valence-electron chi connectivity index (χ2n) is 6.58. The predicted octanol–water partition coefficient (Wildman–Crippen LogP) is 5.12. The fraction of sp³-hybridized carbons (Fsp3) is 0.600. The lowest BCUT2D eigenvalue weighted by Gasteiger charge is -2.36. The minimum absolute atomic E-state index is 0.0358. The van der Waals surface area contributed by atoms with Gasteiger partial charge in [0.2, 0.25) is 0 Å². The SMILES string of the molecule is COc1cc(CO[Si](C)(C)C(C)(C)C)ccc1OC(F)(F)F. The van der Waals surface area contributed by atoms with Gasteiger partial charge in [-0.05, 0) is 35.8 Å². The molecule has 126 valence electrons. The molecular weight excluding hydrogens is 313 g/mol. The van der Waals surface area contributed by atoms with Crippen LogP contribution in [-0.2, 0) is 11.0 Å². The molecule has 0 saturated carbocycles. The number of halogens is 3. The van der Waals surface area contributed by atoms with Crippen molar-refractivity contribution in [2.24, 2.45) is 0 Å². The third-order valence-electron chi connectivity index (χ3n) is 3.86. The lowest BCUT2D eigenvalue weighted by molar-refractivity contribution is -0.275. The van der Waals surface area contributed by atoms with E-state index < -0.39 is 14.7 Å². The smallest absolute Gasteiger partial charge is 0.493 e. The summed E-state index contributed by atoms with van der Waals surface area (Å²) >= 11 is 0. The molecule has 0 fully saturated rings. The van der Waals surface area contributed by atoms with Gasteiger partial charge in [-0.2, -0.15) is 0 Å². The maximum Gasteiger partial charge on any atom is 0.573 e. The van der Waals surface area contributed by atoms with Crippen molar-refractivity contribution in [1.29, 1.82) is 0 Å². The van der Waals surface area contributed by atoms with Crippen molar-refractivity contribution in [2.75, 3.05) is 7.11 Å². The van der Waals surface area contributed by atoms with Crippen LogP contribution in [0.2, 0.25) is 18.1 Å². The number of benzene rings is 1. The molecule has 0 N–H and O–H groups in total. The van der Waals surface area contributed by atoms with Crippen LogP contribution in [0.25, 0.3) is 0 Å². The molecule has 0 aromatic heterocycles.